The number of hydrogen-bond acceptors (Lipinski definition) is 5. The lowest BCUT2D eigenvalue weighted by Gasteiger charge is -1.99. The van der Waals surface area contributed by atoms with Crippen LogP contribution in [0.3, 0.4) is 0 Å². The molecule has 0 atom stereocenters. The average Bonchev–Trinajstić information content (AvgIpc) is 2.08. The minimum Gasteiger partial charge on any atom is -0.464 e. The van der Waals surface area contributed by atoms with E-state index in [-0.39, 0.29) is 10.3 Å². The molecular weight excluding hydrogens is 180 g/mol. The van der Waals surface area contributed by atoms with Gasteiger partial charge < -0.3 is 9.94 Å². The van der Waals surface area contributed by atoms with Gasteiger partial charge in [0.1, 0.15) is 0 Å². The fourth-order valence-corrected chi connectivity index (χ4v) is 0.712. The van der Waals surface area contributed by atoms with Crippen LogP contribution in [0.2, 0.25) is 0 Å². The second-order valence-electron chi connectivity index (χ2n) is 1.95. The predicted molar refractivity (Wildman–Crippen MR) is 41.6 cm³/mol. The highest BCUT2D eigenvalue weighted by molar-refractivity contribution is 7.71. The molecule has 64 valence electrons. The summed E-state index contributed by atoms with van der Waals surface area (Å²) in [6.07, 6.45) is 2.29. The summed E-state index contributed by atoms with van der Waals surface area (Å²) in [7, 11) is 1.23. The Morgan fingerprint density at radius 1 is 1.83 bits per heavy atom. The third-order valence-electron chi connectivity index (χ3n) is 1.18. The molecule has 1 rings (SSSR count). The highest BCUT2D eigenvalue weighted by Gasteiger charge is 2.06. The molecule has 0 aliphatic heterocycles. The molecule has 0 aliphatic carbocycles. The second kappa shape index (κ2) is 3.31. The molecule has 0 fully saturated rings. The van der Waals surface area contributed by atoms with Crippen molar-refractivity contribution in [1.82, 2.24) is 9.71 Å². The third kappa shape index (κ3) is 1.59. The molecule has 0 spiro atoms. The maximum Gasteiger partial charge on any atom is 0.358 e. The standard InChI is InChI=1S/C6H6N2O3S/c1-11-6(9)4-3-8(10)5(12)2-7-4/h2-3,10H,1H3. The van der Waals surface area contributed by atoms with Gasteiger partial charge in [0.2, 0.25) is 0 Å². The van der Waals surface area contributed by atoms with Gasteiger partial charge >= 0.3 is 5.97 Å². The number of carbonyl (C=O) groups excluding carboxylic acids is 1. The SMILES string of the molecule is COC(=O)c1cn(O)c(=S)cn1. The Morgan fingerprint density at radius 3 is 3.00 bits per heavy atom. The summed E-state index contributed by atoms with van der Waals surface area (Å²) in [6.45, 7) is 0. The number of nitrogens with zero attached hydrogens (tertiary/aromatic N) is 2. The van der Waals surface area contributed by atoms with E-state index in [4.69, 9.17) is 5.21 Å². The molecule has 0 amide bonds. The minimum absolute atomic E-state index is 0.00796. The zero-order valence-corrected chi connectivity index (χ0v) is 7.04. The Labute approximate surface area is 73.2 Å². The number of carbonyl (C=O) groups is 1. The van der Waals surface area contributed by atoms with Crippen LogP contribution in [-0.4, -0.2) is 28.0 Å². The molecule has 0 aliphatic rings. The zero-order chi connectivity index (χ0) is 9.14. The molecule has 1 N–H and O–H groups in total. The van der Waals surface area contributed by atoms with Gasteiger partial charge in [0, 0.05) is 0 Å². The minimum atomic E-state index is -0.618. The van der Waals surface area contributed by atoms with Crippen LogP contribution < -0.4 is 0 Å². The molecule has 12 heavy (non-hydrogen) atoms. The number of esters is 1. The predicted octanol–water partition coefficient (Wildman–Crippen LogP) is 0.636. The zero-order valence-electron chi connectivity index (χ0n) is 6.22. The Hall–Kier alpha value is -1.43. The summed E-state index contributed by atoms with van der Waals surface area (Å²) in [5, 5.41) is 9.01. The monoisotopic (exact) mass is 186 g/mol. The topological polar surface area (TPSA) is 64.3 Å². The largest absolute Gasteiger partial charge is 0.464 e. The molecule has 6 heteroatoms. The van der Waals surface area contributed by atoms with Crippen LogP contribution >= 0.6 is 12.2 Å². The van der Waals surface area contributed by atoms with Gasteiger partial charge in [-0.15, -0.1) is 0 Å². The lowest BCUT2D eigenvalue weighted by Crippen LogP contribution is -2.07. The van der Waals surface area contributed by atoms with Crippen molar-refractivity contribution in [1.29, 1.82) is 0 Å². The molecule has 0 saturated carbocycles. The van der Waals surface area contributed by atoms with E-state index in [1.165, 1.54) is 13.3 Å². The fourth-order valence-electron chi connectivity index (χ4n) is 0.607. The number of ether oxygens (including phenoxy) is 1. The third-order valence-corrected chi connectivity index (χ3v) is 1.47. The van der Waals surface area contributed by atoms with E-state index < -0.39 is 5.97 Å². The molecular formula is C6H6N2O3S. The van der Waals surface area contributed by atoms with Gasteiger partial charge in [-0.3, -0.25) is 0 Å². The lowest BCUT2D eigenvalue weighted by atomic mass is 10.5. The molecule has 0 radical (unpaired) electrons. The Bertz CT molecular complexity index is 360. The van der Waals surface area contributed by atoms with E-state index in [1.807, 2.05) is 0 Å². The molecule has 1 aromatic rings. The first kappa shape index (κ1) is 8.66. The number of methoxy groups -OCH3 is 1. The van der Waals surface area contributed by atoms with Crippen molar-refractivity contribution in [2.75, 3.05) is 7.11 Å². The fraction of sp³-hybridized carbons (Fsp3) is 0.167. The molecule has 1 aromatic heterocycles. The van der Waals surface area contributed by atoms with Gasteiger partial charge in [-0.05, 0) is 0 Å². The van der Waals surface area contributed by atoms with Crippen LogP contribution in [0.5, 0.6) is 0 Å². The van der Waals surface area contributed by atoms with Crippen molar-refractivity contribution in [2.45, 2.75) is 0 Å². The number of rotatable bonds is 1. The first-order valence-electron chi connectivity index (χ1n) is 3.01. The van der Waals surface area contributed by atoms with Gasteiger partial charge in [-0.1, -0.05) is 12.2 Å². The van der Waals surface area contributed by atoms with Crippen LogP contribution in [0, 0.1) is 4.64 Å². The Morgan fingerprint density at radius 2 is 2.50 bits per heavy atom. The van der Waals surface area contributed by atoms with Gasteiger partial charge in [0.15, 0.2) is 10.3 Å². The summed E-state index contributed by atoms with van der Waals surface area (Å²) in [5.41, 5.74) is 0.00796. The summed E-state index contributed by atoms with van der Waals surface area (Å²) >= 11 is 4.63. The smallest absolute Gasteiger partial charge is 0.358 e. The first-order chi connectivity index (χ1) is 5.65. The van der Waals surface area contributed by atoms with E-state index in [2.05, 4.69) is 21.9 Å². The van der Waals surface area contributed by atoms with Crippen LogP contribution in [-0.2, 0) is 4.74 Å². The number of aromatic nitrogens is 2. The summed E-state index contributed by atoms with van der Waals surface area (Å²) in [5.74, 6) is -0.618. The van der Waals surface area contributed by atoms with Crippen molar-refractivity contribution >= 4 is 18.2 Å². The van der Waals surface area contributed by atoms with Gasteiger partial charge in [-0.2, -0.15) is 4.73 Å². The van der Waals surface area contributed by atoms with Gasteiger partial charge in [-0.25, -0.2) is 9.78 Å². The highest BCUT2D eigenvalue weighted by Crippen LogP contribution is 1.96. The quantitative estimate of drug-likeness (QED) is 0.396. The number of hydrogen-bond donors (Lipinski definition) is 1. The first-order valence-corrected chi connectivity index (χ1v) is 3.42. The van der Waals surface area contributed by atoms with Crippen molar-refractivity contribution in [2.24, 2.45) is 0 Å². The molecule has 5 nitrogen and oxygen atoms in total. The molecule has 0 bridgehead atoms. The average molecular weight is 186 g/mol. The van der Waals surface area contributed by atoms with E-state index in [1.54, 1.807) is 0 Å². The lowest BCUT2D eigenvalue weighted by molar-refractivity contribution is 0.0587. The second-order valence-corrected chi connectivity index (χ2v) is 2.37. The molecule has 0 unspecified atom stereocenters. The van der Waals surface area contributed by atoms with Crippen LogP contribution in [0.4, 0.5) is 0 Å². The molecule has 1 heterocycles. The van der Waals surface area contributed by atoms with E-state index in [0.717, 1.165) is 6.20 Å². The van der Waals surface area contributed by atoms with E-state index in [0.29, 0.717) is 4.73 Å². The van der Waals surface area contributed by atoms with Crippen LogP contribution in [0.1, 0.15) is 10.5 Å². The summed E-state index contributed by atoms with van der Waals surface area (Å²) in [4.78, 5) is 14.5. The van der Waals surface area contributed by atoms with Crippen LogP contribution in [0.25, 0.3) is 0 Å². The van der Waals surface area contributed by atoms with Crippen molar-refractivity contribution in [3.05, 3.63) is 22.7 Å². The van der Waals surface area contributed by atoms with Crippen LogP contribution in [0.15, 0.2) is 12.4 Å². The maximum absolute atomic E-state index is 10.8. The van der Waals surface area contributed by atoms with E-state index >= 15 is 0 Å². The summed E-state index contributed by atoms with van der Waals surface area (Å²) < 4.78 is 5.13. The Balaban J connectivity index is 3.13. The van der Waals surface area contributed by atoms with Crippen molar-refractivity contribution in [3.63, 3.8) is 0 Å². The maximum atomic E-state index is 10.8. The summed E-state index contributed by atoms with van der Waals surface area (Å²) in [6, 6.07) is 0. The Kier molecular flexibility index (Phi) is 2.39. The normalized spacial score (nSPS) is 9.42. The molecule has 0 aromatic carbocycles. The van der Waals surface area contributed by atoms with Crippen molar-refractivity contribution in [3.8, 4) is 0 Å². The highest BCUT2D eigenvalue weighted by atomic mass is 32.1. The van der Waals surface area contributed by atoms with Gasteiger partial charge in [0.05, 0.1) is 19.5 Å². The molecule has 0 saturated heterocycles. The van der Waals surface area contributed by atoms with Crippen molar-refractivity contribution < 1.29 is 14.7 Å². The van der Waals surface area contributed by atoms with E-state index in [9.17, 15) is 4.79 Å². The van der Waals surface area contributed by atoms with Gasteiger partial charge in [0.25, 0.3) is 0 Å².